The van der Waals surface area contributed by atoms with Crippen LogP contribution in [0.1, 0.15) is 232 Å². The molecule has 9 heteroatoms. The highest BCUT2D eigenvalue weighted by Crippen LogP contribution is 2.38. The van der Waals surface area contributed by atoms with Gasteiger partial charge in [-0.25, -0.2) is 0 Å². The fourth-order valence-electron chi connectivity index (χ4n) is 7.20. The molecule has 0 aromatic carbocycles. The lowest BCUT2D eigenvalue weighted by atomic mass is 10.0. The van der Waals surface area contributed by atoms with Crippen LogP contribution in [0, 0.1) is 0 Å². The van der Waals surface area contributed by atoms with Crippen LogP contribution in [0.15, 0.2) is 36.5 Å². The molecule has 0 aliphatic heterocycles. The lowest BCUT2D eigenvalue weighted by Gasteiger charge is -2.28. The van der Waals surface area contributed by atoms with Crippen molar-refractivity contribution in [2.24, 2.45) is 0 Å². The van der Waals surface area contributed by atoms with Crippen molar-refractivity contribution in [2.45, 2.75) is 238 Å². The summed E-state index contributed by atoms with van der Waals surface area (Å²) in [4.78, 5) is 25.2. The van der Waals surface area contributed by atoms with Gasteiger partial charge in [-0.3, -0.25) is 9.36 Å². The van der Waals surface area contributed by atoms with Gasteiger partial charge in [0, 0.05) is 13.0 Å². The van der Waals surface area contributed by atoms with Gasteiger partial charge in [-0.2, -0.15) is 0 Å². The minimum absolute atomic E-state index is 0.0243. The van der Waals surface area contributed by atoms with Crippen molar-refractivity contribution in [3.63, 3.8) is 0 Å². The third kappa shape index (κ3) is 49.6. The van der Waals surface area contributed by atoms with Crippen LogP contribution in [-0.2, 0) is 27.9 Å². The Morgan fingerprint density at radius 2 is 0.902 bits per heavy atom. The van der Waals surface area contributed by atoms with Gasteiger partial charge in [-0.05, 0) is 51.4 Å². The van der Waals surface area contributed by atoms with E-state index >= 15 is 0 Å². The maximum absolute atomic E-state index is 12.7. The lowest BCUT2D eigenvalue weighted by molar-refractivity contribution is -0.870. The largest absolute Gasteiger partial charge is 0.756 e. The molecular weight excluding hydrogens is 782 g/mol. The summed E-state index contributed by atoms with van der Waals surface area (Å²) in [5, 5.41) is 0. The Balaban J connectivity index is 4.15. The molecule has 2 atom stereocenters. The third-order valence-corrected chi connectivity index (χ3v) is 12.2. The maximum Gasteiger partial charge on any atom is 0.306 e. The summed E-state index contributed by atoms with van der Waals surface area (Å²) in [6.07, 6.45) is 54.5. The zero-order chi connectivity index (χ0) is 44.8. The zero-order valence-corrected chi connectivity index (χ0v) is 41.8. The standard InChI is InChI=1S/C52H100NO7P/c1-6-8-10-12-14-16-18-20-22-24-26-28-30-32-34-36-38-40-42-44-47-57-49-51(50-59-61(55,56)58-48-46-53(3,4)5)60-52(54)45-43-41-39-37-35-33-31-29-27-25-23-21-19-17-15-13-11-9-7-2/h15,17,21,23,27,29,51H,6-14,16,18-20,22,24-26,28,30-50H2,1-5H3/b17-15-,23-21-,29-27-. The van der Waals surface area contributed by atoms with Gasteiger partial charge in [0.15, 0.2) is 0 Å². The van der Waals surface area contributed by atoms with Gasteiger partial charge in [-0.1, -0.05) is 211 Å². The summed E-state index contributed by atoms with van der Waals surface area (Å²) in [6, 6.07) is 0. The molecule has 0 aliphatic rings. The smallest absolute Gasteiger partial charge is 0.306 e. The van der Waals surface area contributed by atoms with Crippen molar-refractivity contribution in [1.29, 1.82) is 0 Å². The number of likely N-dealkylation sites (N-methyl/N-ethyl adjacent to an activating group) is 1. The lowest BCUT2D eigenvalue weighted by Crippen LogP contribution is -2.37. The van der Waals surface area contributed by atoms with Crippen molar-refractivity contribution >= 4 is 13.8 Å². The van der Waals surface area contributed by atoms with Gasteiger partial charge >= 0.3 is 5.97 Å². The van der Waals surface area contributed by atoms with Gasteiger partial charge in [-0.15, -0.1) is 0 Å². The minimum atomic E-state index is -4.53. The van der Waals surface area contributed by atoms with E-state index in [0.717, 1.165) is 57.8 Å². The average molecular weight is 882 g/mol. The SMILES string of the molecule is CCCCC/C=C\C/C=C\C/C=C\CCCCCCCCC(=O)OC(COCCCCCCCCCCCCCCCCCCCCCC)COP(=O)([O-])OCC[N+](C)(C)C. The number of carbonyl (C=O) groups is 1. The quantitative estimate of drug-likeness (QED) is 0.0197. The first-order valence-electron chi connectivity index (χ1n) is 25.7. The summed E-state index contributed by atoms with van der Waals surface area (Å²) < 4.78 is 34.7. The number of allylic oxidation sites excluding steroid dienone is 6. The van der Waals surface area contributed by atoms with Crippen molar-refractivity contribution < 1.29 is 37.3 Å². The van der Waals surface area contributed by atoms with Crippen molar-refractivity contribution in [3.05, 3.63) is 36.5 Å². The maximum atomic E-state index is 12.7. The fourth-order valence-corrected chi connectivity index (χ4v) is 7.93. The molecule has 0 fully saturated rings. The minimum Gasteiger partial charge on any atom is -0.756 e. The van der Waals surface area contributed by atoms with Gasteiger partial charge in [0.25, 0.3) is 7.82 Å². The Hall–Kier alpha value is -1.28. The highest BCUT2D eigenvalue weighted by Gasteiger charge is 2.20. The highest BCUT2D eigenvalue weighted by molar-refractivity contribution is 7.45. The van der Waals surface area contributed by atoms with Crippen LogP contribution >= 0.6 is 7.82 Å². The second kappa shape index (κ2) is 45.3. The first-order valence-corrected chi connectivity index (χ1v) is 27.2. The van der Waals surface area contributed by atoms with E-state index in [1.807, 2.05) is 21.1 Å². The van der Waals surface area contributed by atoms with Crippen LogP contribution in [0.3, 0.4) is 0 Å². The molecule has 61 heavy (non-hydrogen) atoms. The molecular formula is C52H100NO7P. The number of esters is 1. The topological polar surface area (TPSA) is 94.1 Å². The molecule has 0 rings (SSSR count). The fraction of sp³-hybridized carbons (Fsp3) is 0.865. The molecule has 0 N–H and O–H groups in total. The molecule has 0 radical (unpaired) electrons. The predicted molar refractivity (Wildman–Crippen MR) is 259 cm³/mol. The summed E-state index contributed by atoms with van der Waals surface area (Å²) >= 11 is 0. The van der Waals surface area contributed by atoms with E-state index in [-0.39, 0.29) is 25.8 Å². The van der Waals surface area contributed by atoms with Crippen LogP contribution in [0.5, 0.6) is 0 Å². The van der Waals surface area contributed by atoms with Crippen LogP contribution in [-0.4, -0.2) is 70.7 Å². The number of phosphoric acid groups is 1. The van der Waals surface area contributed by atoms with E-state index in [0.29, 0.717) is 24.1 Å². The Labute approximate surface area is 378 Å². The average Bonchev–Trinajstić information content (AvgIpc) is 3.22. The number of rotatable bonds is 48. The van der Waals surface area contributed by atoms with Crippen molar-refractivity contribution in [3.8, 4) is 0 Å². The van der Waals surface area contributed by atoms with E-state index in [1.165, 1.54) is 154 Å². The third-order valence-electron chi connectivity index (χ3n) is 11.2. The van der Waals surface area contributed by atoms with E-state index in [1.54, 1.807) is 0 Å². The van der Waals surface area contributed by atoms with Gasteiger partial charge in [0.1, 0.15) is 19.3 Å². The number of hydrogen-bond donors (Lipinski definition) is 0. The molecule has 8 nitrogen and oxygen atoms in total. The molecule has 0 saturated heterocycles. The van der Waals surface area contributed by atoms with E-state index in [2.05, 4.69) is 50.3 Å². The molecule has 0 saturated carbocycles. The molecule has 0 heterocycles. The second-order valence-electron chi connectivity index (χ2n) is 18.5. The number of ether oxygens (including phenoxy) is 2. The molecule has 360 valence electrons. The molecule has 0 bridgehead atoms. The molecule has 0 aromatic rings. The van der Waals surface area contributed by atoms with Crippen LogP contribution in [0.25, 0.3) is 0 Å². The number of carbonyl (C=O) groups excluding carboxylic acids is 1. The molecule has 2 unspecified atom stereocenters. The van der Waals surface area contributed by atoms with Crippen LogP contribution in [0.2, 0.25) is 0 Å². The first-order chi connectivity index (χ1) is 29.6. The number of nitrogens with zero attached hydrogens (tertiary/aromatic N) is 1. The van der Waals surface area contributed by atoms with Crippen molar-refractivity contribution in [1.82, 2.24) is 0 Å². The second-order valence-corrected chi connectivity index (χ2v) is 19.9. The van der Waals surface area contributed by atoms with Crippen LogP contribution in [0.4, 0.5) is 0 Å². The van der Waals surface area contributed by atoms with E-state index < -0.39 is 13.9 Å². The monoisotopic (exact) mass is 882 g/mol. The Morgan fingerprint density at radius 3 is 1.38 bits per heavy atom. The molecule has 0 spiro atoms. The van der Waals surface area contributed by atoms with Crippen molar-refractivity contribution in [2.75, 3.05) is 54.1 Å². The summed E-state index contributed by atoms with van der Waals surface area (Å²) in [6.45, 7) is 5.41. The summed E-state index contributed by atoms with van der Waals surface area (Å²) in [5.74, 6) is -0.343. The van der Waals surface area contributed by atoms with Gasteiger partial charge in [0.05, 0.1) is 34.4 Å². The molecule has 0 amide bonds. The Kier molecular flexibility index (Phi) is 44.3. The Bertz CT molecular complexity index is 1070. The highest BCUT2D eigenvalue weighted by atomic mass is 31.2. The Morgan fingerprint density at radius 1 is 0.508 bits per heavy atom. The van der Waals surface area contributed by atoms with E-state index in [4.69, 9.17) is 18.5 Å². The predicted octanol–water partition coefficient (Wildman–Crippen LogP) is 15.1. The first kappa shape index (κ1) is 59.7. The molecule has 0 aromatic heterocycles. The van der Waals surface area contributed by atoms with Gasteiger partial charge in [0.2, 0.25) is 0 Å². The number of unbranched alkanes of at least 4 members (excludes halogenated alkanes) is 28. The van der Waals surface area contributed by atoms with Gasteiger partial charge < -0.3 is 27.9 Å². The summed E-state index contributed by atoms with van der Waals surface area (Å²) in [7, 11) is 1.35. The van der Waals surface area contributed by atoms with E-state index in [9.17, 15) is 14.3 Å². The molecule has 0 aliphatic carbocycles. The normalized spacial score (nSPS) is 13.9. The summed E-state index contributed by atoms with van der Waals surface area (Å²) in [5.41, 5.74) is 0. The number of quaternary nitrogens is 1. The number of hydrogen-bond acceptors (Lipinski definition) is 7. The van der Waals surface area contributed by atoms with Crippen LogP contribution < -0.4 is 4.89 Å². The number of phosphoric ester groups is 1. The zero-order valence-electron chi connectivity index (χ0n) is 40.9.